The Bertz CT molecular complexity index is 781. The summed E-state index contributed by atoms with van der Waals surface area (Å²) >= 11 is 1.31. The number of nitrogens with one attached hydrogen (secondary N) is 1. The zero-order valence-electron chi connectivity index (χ0n) is 12.4. The second-order valence-corrected chi connectivity index (χ2v) is 5.92. The molecular weight excluding hydrogens is 314 g/mol. The van der Waals surface area contributed by atoms with E-state index in [9.17, 15) is 9.59 Å². The first-order valence-electron chi connectivity index (χ1n) is 7.02. The molecule has 0 bridgehead atoms. The number of rotatable bonds is 4. The van der Waals surface area contributed by atoms with Gasteiger partial charge in [0.1, 0.15) is 5.69 Å². The van der Waals surface area contributed by atoms with Gasteiger partial charge < -0.3 is 0 Å². The van der Waals surface area contributed by atoms with Gasteiger partial charge in [0, 0.05) is 25.1 Å². The number of carbonyl (C=O) groups excluding carboxylic acids is 2. The fourth-order valence-corrected chi connectivity index (χ4v) is 2.95. The molecule has 2 aromatic rings. The number of nitrogens with two attached hydrogens (primary N) is 1. The van der Waals surface area contributed by atoms with Crippen LogP contribution in [0.25, 0.3) is 0 Å². The Morgan fingerprint density at radius 3 is 2.61 bits per heavy atom. The van der Waals surface area contributed by atoms with Crippen molar-refractivity contribution in [3.8, 4) is 0 Å². The Morgan fingerprint density at radius 2 is 2.04 bits per heavy atom. The minimum atomic E-state index is -0.0893. The van der Waals surface area contributed by atoms with Crippen molar-refractivity contribution in [3.05, 3.63) is 40.9 Å². The number of Topliss-reactive ketones (excluding diaryl/α,β-unsaturated/α-hetero) is 1. The highest BCUT2D eigenvalue weighted by atomic mass is 32.1. The van der Waals surface area contributed by atoms with E-state index in [0.29, 0.717) is 23.7 Å². The van der Waals surface area contributed by atoms with Gasteiger partial charge >= 0.3 is 0 Å². The van der Waals surface area contributed by atoms with E-state index in [4.69, 9.17) is 5.84 Å². The number of amides is 1. The smallest absolute Gasteiger partial charge is 0.240 e. The van der Waals surface area contributed by atoms with Crippen molar-refractivity contribution >= 4 is 39.6 Å². The zero-order valence-corrected chi connectivity index (χ0v) is 13.3. The van der Waals surface area contributed by atoms with Gasteiger partial charge in [0.2, 0.25) is 11.0 Å². The molecule has 0 saturated heterocycles. The van der Waals surface area contributed by atoms with Crippen LogP contribution in [0.1, 0.15) is 35.8 Å². The summed E-state index contributed by atoms with van der Waals surface area (Å²) < 4.78 is 0. The normalized spacial score (nSPS) is 14.2. The largest absolute Gasteiger partial charge is 0.293 e. The molecule has 0 radical (unpaired) electrons. The molecule has 8 heteroatoms. The van der Waals surface area contributed by atoms with Crippen LogP contribution in [0.2, 0.25) is 0 Å². The molecule has 7 nitrogen and oxygen atoms in total. The number of benzene rings is 1. The number of anilines is 2. The third-order valence-electron chi connectivity index (χ3n) is 3.44. The lowest BCUT2D eigenvalue weighted by Crippen LogP contribution is -2.26. The molecule has 1 aliphatic rings. The SMILES string of the molecule is CC(=O)c1csc(N(N)c2ccc(C3=NNC(=O)CC3)cc2)n1. The maximum Gasteiger partial charge on any atom is 0.240 e. The molecule has 0 aliphatic carbocycles. The van der Waals surface area contributed by atoms with Crippen LogP contribution in [0.3, 0.4) is 0 Å². The molecule has 1 aliphatic heterocycles. The first-order chi connectivity index (χ1) is 11.0. The molecule has 3 N–H and O–H groups in total. The quantitative estimate of drug-likeness (QED) is 0.507. The highest BCUT2D eigenvalue weighted by Crippen LogP contribution is 2.26. The summed E-state index contributed by atoms with van der Waals surface area (Å²) in [4.78, 5) is 26.6. The highest BCUT2D eigenvalue weighted by molar-refractivity contribution is 7.14. The molecule has 0 spiro atoms. The molecular formula is C15H15N5O2S. The molecule has 0 saturated carbocycles. The van der Waals surface area contributed by atoms with E-state index >= 15 is 0 Å². The summed E-state index contributed by atoms with van der Waals surface area (Å²) in [5, 5.41) is 7.73. The average Bonchev–Trinajstić information content (AvgIpc) is 3.05. The van der Waals surface area contributed by atoms with Gasteiger partial charge in [0.15, 0.2) is 5.78 Å². The van der Waals surface area contributed by atoms with E-state index in [2.05, 4.69) is 15.5 Å². The van der Waals surface area contributed by atoms with Gasteiger partial charge in [-0.2, -0.15) is 5.10 Å². The van der Waals surface area contributed by atoms with E-state index in [0.717, 1.165) is 17.0 Å². The number of carbonyl (C=O) groups is 2. The Morgan fingerprint density at radius 1 is 1.30 bits per heavy atom. The Labute approximate surface area is 136 Å². The lowest BCUT2D eigenvalue weighted by Gasteiger charge is -2.16. The molecule has 1 amide bonds. The summed E-state index contributed by atoms with van der Waals surface area (Å²) in [6.07, 6.45) is 1.06. The lowest BCUT2D eigenvalue weighted by molar-refractivity contribution is -0.121. The highest BCUT2D eigenvalue weighted by Gasteiger charge is 2.15. The average molecular weight is 329 g/mol. The van der Waals surface area contributed by atoms with Crippen LogP contribution in [0.5, 0.6) is 0 Å². The van der Waals surface area contributed by atoms with Crippen LogP contribution < -0.4 is 16.3 Å². The summed E-state index contributed by atoms with van der Waals surface area (Å²) in [6.45, 7) is 1.47. The molecule has 118 valence electrons. The molecule has 2 heterocycles. The Balaban J connectivity index is 1.78. The zero-order chi connectivity index (χ0) is 16.4. The fraction of sp³-hybridized carbons (Fsp3) is 0.200. The van der Waals surface area contributed by atoms with Crippen LogP contribution in [-0.4, -0.2) is 22.4 Å². The third kappa shape index (κ3) is 3.27. The maximum atomic E-state index is 11.3. The second kappa shape index (κ2) is 6.27. The van der Waals surface area contributed by atoms with Gasteiger partial charge in [-0.15, -0.1) is 11.3 Å². The summed E-state index contributed by atoms with van der Waals surface area (Å²) in [5.41, 5.74) is 5.41. The van der Waals surface area contributed by atoms with Crippen LogP contribution in [0.4, 0.5) is 10.8 Å². The standard InChI is InChI=1S/C15H15N5O2S/c1-9(21)13-8-23-15(17-13)20(16)11-4-2-10(3-5-11)12-6-7-14(22)19-18-12/h2-5,8H,6-7,16H2,1H3,(H,19,22). The van der Waals surface area contributed by atoms with Gasteiger partial charge in [0.25, 0.3) is 0 Å². The summed E-state index contributed by atoms with van der Waals surface area (Å²) in [5.74, 6) is 5.90. The van der Waals surface area contributed by atoms with Crippen molar-refractivity contribution in [3.63, 3.8) is 0 Å². The molecule has 1 aromatic heterocycles. The lowest BCUT2D eigenvalue weighted by atomic mass is 10.0. The minimum absolute atomic E-state index is 0.0662. The van der Waals surface area contributed by atoms with Crippen molar-refractivity contribution < 1.29 is 9.59 Å². The van der Waals surface area contributed by atoms with E-state index in [-0.39, 0.29) is 11.7 Å². The maximum absolute atomic E-state index is 11.3. The van der Waals surface area contributed by atoms with Gasteiger partial charge in [-0.05, 0) is 17.7 Å². The Kier molecular flexibility index (Phi) is 4.18. The van der Waals surface area contributed by atoms with E-state index < -0.39 is 0 Å². The number of ketones is 1. The number of thiazole rings is 1. The molecule has 0 atom stereocenters. The molecule has 23 heavy (non-hydrogen) atoms. The van der Waals surface area contributed by atoms with Gasteiger partial charge in [-0.1, -0.05) is 12.1 Å². The Hall–Kier alpha value is -2.58. The van der Waals surface area contributed by atoms with Crippen LogP contribution in [-0.2, 0) is 4.79 Å². The van der Waals surface area contributed by atoms with Crippen molar-refractivity contribution in [1.29, 1.82) is 0 Å². The van der Waals surface area contributed by atoms with Gasteiger partial charge in [-0.25, -0.2) is 16.3 Å². The third-order valence-corrected chi connectivity index (χ3v) is 4.28. The number of hydrogen-bond donors (Lipinski definition) is 2. The predicted molar refractivity (Wildman–Crippen MR) is 88.8 cm³/mol. The monoisotopic (exact) mass is 329 g/mol. The first kappa shape index (κ1) is 15.3. The van der Waals surface area contributed by atoms with Gasteiger partial charge in [-0.3, -0.25) is 14.6 Å². The minimum Gasteiger partial charge on any atom is -0.293 e. The number of hydrazone groups is 1. The van der Waals surface area contributed by atoms with Crippen molar-refractivity contribution in [2.24, 2.45) is 10.9 Å². The van der Waals surface area contributed by atoms with Crippen LogP contribution >= 0.6 is 11.3 Å². The summed E-state index contributed by atoms with van der Waals surface area (Å²) in [6, 6.07) is 7.49. The number of nitrogens with zero attached hydrogens (tertiary/aromatic N) is 3. The number of hydrazine groups is 1. The predicted octanol–water partition coefficient (Wildman–Crippen LogP) is 1.97. The molecule has 1 aromatic carbocycles. The van der Waals surface area contributed by atoms with E-state index in [1.807, 2.05) is 24.3 Å². The second-order valence-electron chi connectivity index (χ2n) is 5.08. The summed E-state index contributed by atoms with van der Waals surface area (Å²) in [7, 11) is 0. The first-order valence-corrected chi connectivity index (χ1v) is 7.89. The number of aromatic nitrogens is 1. The molecule has 3 rings (SSSR count). The van der Waals surface area contributed by atoms with E-state index in [1.165, 1.54) is 23.3 Å². The van der Waals surface area contributed by atoms with E-state index in [1.54, 1.807) is 5.38 Å². The fourth-order valence-electron chi connectivity index (χ4n) is 2.14. The van der Waals surface area contributed by atoms with Crippen molar-refractivity contribution in [2.75, 3.05) is 5.01 Å². The number of hydrogen-bond acceptors (Lipinski definition) is 7. The van der Waals surface area contributed by atoms with Crippen LogP contribution in [0, 0.1) is 0 Å². The van der Waals surface area contributed by atoms with Crippen molar-refractivity contribution in [1.82, 2.24) is 10.4 Å². The van der Waals surface area contributed by atoms with Gasteiger partial charge in [0.05, 0.1) is 11.4 Å². The topological polar surface area (TPSA) is 101 Å². The molecule has 0 fully saturated rings. The molecule has 0 unspecified atom stereocenters. The van der Waals surface area contributed by atoms with Crippen molar-refractivity contribution in [2.45, 2.75) is 19.8 Å². The van der Waals surface area contributed by atoms with Crippen LogP contribution in [0.15, 0.2) is 34.7 Å².